The number of carboxylic acid groups (broad SMARTS) is 1. The molecule has 4 heteroatoms. The van der Waals surface area contributed by atoms with Crippen molar-refractivity contribution in [1.29, 1.82) is 0 Å². The van der Waals surface area contributed by atoms with Crippen LogP contribution in [0.2, 0.25) is 0 Å². The lowest BCUT2D eigenvalue weighted by atomic mass is 9.86. The topological polar surface area (TPSA) is 66.6 Å². The number of hydrogen-bond donors (Lipinski definition) is 2. The van der Waals surface area contributed by atoms with Gasteiger partial charge < -0.3 is 15.7 Å². The summed E-state index contributed by atoms with van der Waals surface area (Å²) >= 11 is 0. The van der Waals surface area contributed by atoms with Crippen LogP contribution in [0.3, 0.4) is 0 Å². The fourth-order valence-electron chi connectivity index (χ4n) is 2.93. The number of nitrogen functional groups attached to an aromatic ring is 1. The number of aromatic carboxylic acids is 1. The molecule has 1 saturated carbocycles. The second-order valence-corrected chi connectivity index (χ2v) is 5.65. The third-order valence-electron chi connectivity index (χ3n) is 4.05. The van der Waals surface area contributed by atoms with Crippen molar-refractivity contribution in [1.82, 2.24) is 0 Å². The minimum absolute atomic E-state index is 0.255. The lowest BCUT2D eigenvalue weighted by molar-refractivity contribution is 0.0697. The minimum atomic E-state index is -0.932. The van der Waals surface area contributed by atoms with Crippen molar-refractivity contribution < 1.29 is 9.90 Å². The molecule has 2 rings (SSSR count). The Labute approximate surface area is 114 Å². The van der Waals surface area contributed by atoms with E-state index in [1.54, 1.807) is 6.07 Å². The molecule has 0 spiro atoms. The predicted molar refractivity (Wildman–Crippen MR) is 77.6 cm³/mol. The highest BCUT2D eigenvalue weighted by Gasteiger charge is 2.23. The smallest absolute Gasteiger partial charge is 0.335 e. The zero-order chi connectivity index (χ0) is 14.0. The molecule has 2 unspecified atom stereocenters. The number of benzene rings is 1. The van der Waals surface area contributed by atoms with Crippen LogP contribution in [0, 0.1) is 5.92 Å². The van der Waals surface area contributed by atoms with Gasteiger partial charge in [-0.15, -0.1) is 0 Å². The maximum atomic E-state index is 11.1. The lowest BCUT2D eigenvalue weighted by Crippen LogP contribution is -2.35. The van der Waals surface area contributed by atoms with Crippen LogP contribution in [0.4, 0.5) is 11.4 Å². The summed E-state index contributed by atoms with van der Waals surface area (Å²) < 4.78 is 0. The average Bonchev–Trinajstić information content (AvgIpc) is 2.37. The molecule has 1 aromatic rings. The number of anilines is 2. The first-order valence-corrected chi connectivity index (χ1v) is 6.84. The molecular formula is C15H22N2O2. The van der Waals surface area contributed by atoms with Crippen molar-refractivity contribution in [3.63, 3.8) is 0 Å². The highest BCUT2D eigenvalue weighted by atomic mass is 16.4. The lowest BCUT2D eigenvalue weighted by Gasteiger charge is -2.35. The molecule has 1 aliphatic carbocycles. The Morgan fingerprint density at radius 3 is 2.74 bits per heavy atom. The van der Waals surface area contributed by atoms with E-state index in [0.29, 0.717) is 11.7 Å². The van der Waals surface area contributed by atoms with Crippen molar-refractivity contribution in [2.24, 2.45) is 5.92 Å². The molecule has 0 aromatic heterocycles. The van der Waals surface area contributed by atoms with E-state index in [2.05, 4.69) is 11.8 Å². The van der Waals surface area contributed by atoms with Crippen LogP contribution in [0.15, 0.2) is 18.2 Å². The standard InChI is InChI=1S/C15H22N2O2/c1-10-4-3-5-13(6-10)17(2)14-8-11(15(18)19)7-12(16)9-14/h7-10,13H,3-6,16H2,1-2H3,(H,18,19). The van der Waals surface area contributed by atoms with Gasteiger partial charge in [0.15, 0.2) is 0 Å². The van der Waals surface area contributed by atoms with Crippen molar-refractivity contribution in [3.05, 3.63) is 23.8 Å². The van der Waals surface area contributed by atoms with Gasteiger partial charge in [-0.25, -0.2) is 4.79 Å². The van der Waals surface area contributed by atoms with E-state index in [0.717, 1.165) is 24.4 Å². The fourth-order valence-corrected chi connectivity index (χ4v) is 2.93. The molecule has 4 nitrogen and oxygen atoms in total. The quantitative estimate of drug-likeness (QED) is 0.822. The van der Waals surface area contributed by atoms with Crippen molar-refractivity contribution in [2.45, 2.75) is 38.6 Å². The number of nitrogens with two attached hydrogens (primary N) is 1. The molecule has 1 aliphatic rings. The molecule has 1 aromatic carbocycles. The summed E-state index contributed by atoms with van der Waals surface area (Å²) in [5.74, 6) is -0.194. The van der Waals surface area contributed by atoms with Crippen molar-refractivity contribution >= 4 is 17.3 Å². The summed E-state index contributed by atoms with van der Waals surface area (Å²) in [5.41, 5.74) is 7.46. The van der Waals surface area contributed by atoms with Gasteiger partial charge >= 0.3 is 5.97 Å². The third kappa shape index (κ3) is 3.19. The second kappa shape index (κ2) is 5.51. The van der Waals surface area contributed by atoms with Gasteiger partial charge in [0.05, 0.1) is 5.56 Å². The van der Waals surface area contributed by atoms with Crippen LogP contribution in [0.25, 0.3) is 0 Å². The van der Waals surface area contributed by atoms with Gasteiger partial charge in [0.1, 0.15) is 0 Å². The largest absolute Gasteiger partial charge is 0.478 e. The van der Waals surface area contributed by atoms with Gasteiger partial charge in [-0.05, 0) is 37.0 Å². The molecule has 19 heavy (non-hydrogen) atoms. The molecule has 2 atom stereocenters. The molecule has 0 bridgehead atoms. The SMILES string of the molecule is CC1CCCC(N(C)c2cc(N)cc(C(=O)O)c2)C1. The Morgan fingerprint density at radius 1 is 1.37 bits per heavy atom. The first-order valence-electron chi connectivity index (χ1n) is 6.84. The van der Waals surface area contributed by atoms with Gasteiger partial charge in [0, 0.05) is 24.5 Å². The van der Waals surface area contributed by atoms with Crippen LogP contribution in [-0.2, 0) is 0 Å². The Balaban J connectivity index is 2.22. The summed E-state index contributed by atoms with van der Waals surface area (Å²) in [6.07, 6.45) is 4.86. The van der Waals surface area contributed by atoms with E-state index in [-0.39, 0.29) is 5.56 Å². The van der Waals surface area contributed by atoms with Gasteiger partial charge in [-0.1, -0.05) is 19.8 Å². The molecule has 0 saturated heterocycles. The highest BCUT2D eigenvalue weighted by Crippen LogP contribution is 2.30. The normalized spacial score (nSPS) is 23.1. The van der Waals surface area contributed by atoms with E-state index >= 15 is 0 Å². The number of nitrogens with zero attached hydrogens (tertiary/aromatic N) is 1. The monoisotopic (exact) mass is 262 g/mol. The zero-order valence-electron chi connectivity index (χ0n) is 11.6. The third-order valence-corrected chi connectivity index (χ3v) is 4.05. The van der Waals surface area contributed by atoms with Gasteiger partial charge in [-0.2, -0.15) is 0 Å². The van der Waals surface area contributed by atoms with E-state index in [1.807, 2.05) is 13.1 Å². The van der Waals surface area contributed by atoms with E-state index in [9.17, 15) is 4.79 Å². The molecule has 104 valence electrons. The van der Waals surface area contributed by atoms with Gasteiger partial charge in [0.2, 0.25) is 0 Å². The molecule has 1 fully saturated rings. The number of rotatable bonds is 3. The van der Waals surface area contributed by atoms with Crippen molar-refractivity contribution in [2.75, 3.05) is 17.7 Å². The Bertz CT molecular complexity index is 473. The van der Waals surface area contributed by atoms with Crippen LogP contribution in [0.1, 0.15) is 43.0 Å². The molecule has 0 amide bonds. The Morgan fingerprint density at radius 2 is 2.11 bits per heavy atom. The van der Waals surface area contributed by atoms with Gasteiger partial charge in [-0.3, -0.25) is 0 Å². The molecule has 0 heterocycles. The summed E-state index contributed by atoms with van der Waals surface area (Å²) in [5, 5.41) is 9.09. The highest BCUT2D eigenvalue weighted by molar-refractivity contribution is 5.90. The van der Waals surface area contributed by atoms with Crippen LogP contribution < -0.4 is 10.6 Å². The molecular weight excluding hydrogens is 240 g/mol. The van der Waals surface area contributed by atoms with Crippen LogP contribution in [-0.4, -0.2) is 24.2 Å². The summed E-state index contributed by atoms with van der Waals surface area (Å²) in [7, 11) is 2.03. The fraction of sp³-hybridized carbons (Fsp3) is 0.533. The average molecular weight is 262 g/mol. The Hall–Kier alpha value is -1.71. The number of hydrogen-bond acceptors (Lipinski definition) is 3. The van der Waals surface area contributed by atoms with E-state index in [1.165, 1.54) is 18.9 Å². The molecule has 0 aliphatic heterocycles. The summed E-state index contributed by atoms with van der Waals surface area (Å²) in [4.78, 5) is 13.3. The minimum Gasteiger partial charge on any atom is -0.478 e. The van der Waals surface area contributed by atoms with Crippen LogP contribution >= 0.6 is 0 Å². The number of carboxylic acids is 1. The first kappa shape index (κ1) is 13.7. The maximum Gasteiger partial charge on any atom is 0.335 e. The second-order valence-electron chi connectivity index (χ2n) is 5.65. The first-order chi connectivity index (χ1) is 8.97. The summed E-state index contributed by atoms with van der Waals surface area (Å²) in [6.45, 7) is 2.28. The molecule has 3 N–H and O–H groups in total. The van der Waals surface area contributed by atoms with Gasteiger partial charge in [0.25, 0.3) is 0 Å². The van der Waals surface area contributed by atoms with Crippen LogP contribution in [0.5, 0.6) is 0 Å². The Kier molecular flexibility index (Phi) is 3.98. The maximum absolute atomic E-state index is 11.1. The molecule has 0 radical (unpaired) electrons. The van der Waals surface area contributed by atoms with Crippen molar-refractivity contribution in [3.8, 4) is 0 Å². The number of carbonyl (C=O) groups is 1. The summed E-state index contributed by atoms with van der Waals surface area (Å²) in [6, 6.07) is 5.54. The van der Waals surface area contributed by atoms with E-state index < -0.39 is 5.97 Å². The van der Waals surface area contributed by atoms with E-state index in [4.69, 9.17) is 10.8 Å². The zero-order valence-corrected chi connectivity index (χ0v) is 11.6. The predicted octanol–water partition coefficient (Wildman–Crippen LogP) is 2.98.